The van der Waals surface area contributed by atoms with E-state index in [0.29, 0.717) is 19.5 Å². The van der Waals surface area contributed by atoms with Gasteiger partial charge in [-0.3, -0.25) is 9.59 Å². The van der Waals surface area contributed by atoms with Crippen molar-refractivity contribution in [2.75, 3.05) is 13.1 Å². The van der Waals surface area contributed by atoms with Crippen LogP contribution in [0.5, 0.6) is 0 Å². The molecule has 5 heteroatoms. The SMILES string of the molecule is NC(=O)CCN1CCC(N)C1=O. The van der Waals surface area contributed by atoms with Crippen molar-refractivity contribution in [3.05, 3.63) is 0 Å². The Balaban J connectivity index is 2.34. The Bertz CT molecular complexity index is 205. The van der Waals surface area contributed by atoms with Crippen LogP contribution in [0.25, 0.3) is 0 Å². The van der Waals surface area contributed by atoms with Gasteiger partial charge in [-0.1, -0.05) is 0 Å². The van der Waals surface area contributed by atoms with Crippen LogP contribution in [-0.4, -0.2) is 35.8 Å². The molecule has 1 heterocycles. The maximum atomic E-state index is 11.2. The van der Waals surface area contributed by atoms with Gasteiger partial charge in [0.05, 0.1) is 6.04 Å². The van der Waals surface area contributed by atoms with E-state index in [0.717, 1.165) is 0 Å². The molecule has 1 aliphatic heterocycles. The Morgan fingerprint density at radius 2 is 2.33 bits per heavy atom. The summed E-state index contributed by atoms with van der Waals surface area (Å²) in [6.45, 7) is 1.05. The smallest absolute Gasteiger partial charge is 0.239 e. The predicted octanol–water partition coefficient (Wildman–Crippen LogP) is -1.58. The van der Waals surface area contributed by atoms with Gasteiger partial charge in [0, 0.05) is 19.5 Å². The van der Waals surface area contributed by atoms with Gasteiger partial charge < -0.3 is 16.4 Å². The Morgan fingerprint density at radius 3 is 2.75 bits per heavy atom. The average molecular weight is 171 g/mol. The molecule has 1 fully saturated rings. The second kappa shape index (κ2) is 3.53. The average Bonchev–Trinajstić information content (AvgIpc) is 2.30. The fraction of sp³-hybridized carbons (Fsp3) is 0.714. The predicted molar refractivity (Wildman–Crippen MR) is 43.0 cm³/mol. The molecule has 2 amide bonds. The molecular formula is C7H13N3O2. The Kier molecular flexibility index (Phi) is 2.65. The molecule has 4 N–H and O–H groups in total. The molecule has 0 spiro atoms. The summed E-state index contributed by atoms with van der Waals surface area (Å²) >= 11 is 0. The zero-order chi connectivity index (χ0) is 9.14. The number of rotatable bonds is 3. The molecule has 5 nitrogen and oxygen atoms in total. The number of hydrogen-bond acceptors (Lipinski definition) is 3. The summed E-state index contributed by atoms with van der Waals surface area (Å²) in [7, 11) is 0. The highest BCUT2D eigenvalue weighted by atomic mass is 16.2. The van der Waals surface area contributed by atoms with Crippen LogP contribution in [0.4, 0.5) is 0 Å². The minimum atomic E-state index is -0.386. The minimum absolute atomic E-state index is 0.0729. The van der Waals surface area contributed by atoms with Gasteiger partial charge >= 0.3 is 0 Å². The molecule has 0 aromatic heterocycles. The Hall–Kier alpha value is -1.10. The molecule has 0 radical (unpaired) electrons. The minimum Gasteiger partial charge on any atom is -0.370 e. The van der Waals surface area contributed by atoms with Crippen LogP contribution in [0.3, 0.4) is 0 Å². The lowest BCUT2D eigenvalue weighted by atomic mass is 10.3. The molecule has 1 saturated heterocycles. The molecule has 12 heavy (non-hydrogen) atoms. The van der Waals surface area contributed by atoms with Gasteiger partial charge in [-0.15, -0.1) is 0 Å². The van der Waals surface area contributed by atoms with Gasteiger partial charge in [0.1, 0.15) is 0 Å². The molecule has 1 rings (SSSR count). The maximum Gasteiger partial charge on any atom is 0.239 e. The van der Waals surface area contributed by atoms with Crippen LogP contribution in [0.1, 0.15) is 12.8 Å². The van der Waals surface area contributed by atoms with E-state index in [-0.39, 0.29) is 24.3 Å². The maximum absolute atomic E-state index is 11.2. The third-order valence-electron chi connectivity index (χ3n) is 1.97. The first-order valence-corrected chi connectivity index (χ1v) is 3.94. The number of carbonyl (C=O) groups is 2. The first-order chi connectivity index (χ1) is 5.61. The molecule has 0 aliphatic carbocycles. The van der Waals surface area contributed by atoms with Crippen LogP contribution >= 0.6 is 0 Å². The van der Waals surface area contributed by atoms with E-state index in [9.17, 15) is 9.59 Å². The molecule has 1 aliphatic rings. The highest BCUT2D eigenvalue weighted by Crippen LogP contribution is 2.08. The molecule has 0 aromatic carbocycles. The lowest BCUT2D eigenvalue weighted by molar-refractivity contribution is -0.129. The van der Waals surface area contributed by atoms with E-state index < -0.39 is 0 Å². The molecule has 0 bridgehead atoms. The summed E-state index contributed by atoms with van der Waals surface area (Å²) < 4.78 is 0. The number of nitrogens with two attached hydrogens (primary N) is 2. The lowest BCUT2D eigenvalue weighted by Gasteiger charge is -2.13. The Morgan fingerprint density at radius 1 is 1.67 bits per heavy atom. The monoisotopic (exact) mass is 171 g/mol. The van der Waals surface area contributed by atoms with Gasteiger partial charge in [-0.2, -0.15) is 0 Å². The van der Waals surface area contributed by atoms with Crippen LogP contribution in [0.15, 0.2) is 0 Å². The molecule has 1 atom stereocenters. The topological polar surface area (TPSA) is 89.4 Å². The Labute approximate surface area is 70.7 Å². The largest absolute Gasteiger partial charge is 0.370 e. The summed E-state index contributed by atoms with van der Waals surface area (Å²) in [6.07, 6.45) is 0.899. The van der Waals surface area contributed by atoms with Crippen LogP contribution in [0, 0.1) is 0 Å². The van der Waals surface area contributed by atoms with Gasteiger partial charge in [-0.25, -0.2) is 0 Å². The van der Waals surface area contributed by atoms with E-state index in [1.54, 1.807) is 4.90 Å². The number of carbonyl (C=O) groups excluding carboxylic acids is 2. The zero-order valence-corrected chi connectivity index (χ0v) is 6.82. The van der Waals surface area contributed by atoms with E-state index in [2.05, 4.69) is 0 Å². The van der Waals surface area contributed by atoms with E-state index in [1.807, 2.05) is 0 Å². The zero-order valence-electron chi connectivity index (χ0n) is 6.82. The number of hydrogen-bond donors (Lipinski definition) is 2. The second-order valence-electron chi connectivity index (χ2n) is 2.94. The molecule has 0 saturated carbocycles. The normalized spacial score (nSPS) is 23.2. The van der Waals surface area contributed by atoms with Gasteiger partial charge in [0.25, 0.3) is 0 Å². The van der Waals surface area contributed by atoms with E-state index in [4.69, 9.17) is 11.5 Å². The van der Waals surface area contributed by atoms with E-state index >= 15 is 0 Å². The van der Waals surface area contributed by atoms with Crippen molar-refractivity contribution in [2.45, 2.75) is 18.9 Å². The lowest BCUT2D eigenvalue weighted by Crippen LogP contribution is -2.35. The highest BCUT2D eigenvalue weighted by Gasteiger charge is 2.27. The molecular weight excluding hydrogens is 158 g/mol. The molecule has 1 unspecified atom stereocenters. The summed E-state index contributed by atoms with van der Waals surface area (Å²) in [5.74, 6) is -0.459. The fourth-order valence-electron chi connectivity index (χ4n) is 1.23. The van der Waals surface area contributed by atoms with Crippen molar-refractivity contribution in [1.29, 1.82) is 0 Å². The number of nitrogens with zero attached hydrogens (tertiary/aromatic N) is 1. The van der Waals surface area contributed by atoms with Crippen molar-refractivity contribution in [3.8, 4) is 0 Å². The van der Waals surface area contributed by atoms with Crippen molar-refractivity contribution >= 4 is 11.8 Å². The van der Waals surface area contributed by atoms with Crippen LogP contribution < -0.4 is 11.5 Å². The fourth-order valence-corrected chi connectivity index (χ4v) is 1.23. The summed E-state index contributed by atoms with van der Waals surface area (Å²) in [6, 6.07) is -0.377. The second-order valence-corrected chi connectivity index (χ2v) is 2.94. The van der Waals surface area contributed by atoms with Crippen molar-refractivity contribution in [2.24, 2.45) is 11.5 Å². The highest BCUT2D eigenvalue weighted by molar-refractivity contribution is 5.84. The van der Waals surface area contributed by atoms with Gasteiger partial charge in [0.15, 0.2) is 0 Å². The third-order valence-corrected chi connectivity index (χ3v) is 1.97. The number of amides is 2. The van der Waals surface area contributed by atoms with Gasteiger partial charge in [0.2, 0.25) is 11.8 Å². The van der Waals surface area contributed by atoms with Gasteiger partial charge in [-0.05, 0) is 6.42 Å². The van der Waals surface area contributed by atoms with Crippen molar-refractivity contribution in [1.82, 2.24) is 4.90 Å². The first-order valence-electron chi connectivity index (χ1n) is 3.94. The van der Waals surface area contributed by atoms with Crippen LogP contribution in [0.2, 0.25) is 0 Å². The summed E-state index contributed by atoms with van der Waals surface area (Å²) in [5, 5.41) is 0. The molecule has 0 aromatic rings. The quantitative estimate of drug-likeness (QED) is 0.537. The molecule has 68 valence electrons. The first kappa shape index (κ1) is 8.99. The van der Waals surface area contributed by atoms with E-state index in [1.165, 1.54) is 0 Å². The van der Waals surface area contributed by atoms with Crippen molar-refractivity contribution < 1.29 is 9.59 Å². The van der Waals surface area contributed by atoms with Crippen LogP contribution in [-0.2, 0) is 9.59 Å². The van der Waals surface area contributed by atoms with Crippen molar-refractivity contribution in [3.63, 3.8) is 0 Å². The number of primary amides is 1. The standard InChI is InChI=1S/C7H13N3O2/c8-5-1-3-10(7(5)12)4-2-6(9)11/h5H,1-4,8H2,(H2,9,11). The number of likely N-dealkylation sites (tertiary alicyclic amines) is 1. The summed E-state index contributed by atoms with van der Waals surface area (Å²) in [5.41, 5.74) is 10.4. The third kappa shape index (κ3) is 1.94. The summed E-state index contributed by atoms with van der Waals surface area (Å²) in [4.78, 5) is 23.1.